The Hall–Kier alpha value is -9.76. The molecular weight excluding hydrogens is 963 g/mol. The summed E-state index contributed by atoms with van der Waals surface area (Å²) in [5.74, 6) is -0.445. The molecule has 1 aliphatic rings. The Morgan fingerprint density at radius 1 is 0.316 bits per heavy atom. The van der Waals surface area contributed by atoms with Crippen molar-refractivity contribution in [1.82, 2.24) is 13.7 Å². The smallest absolute Gasteiger partial charge is 0.104 e. The molecule has 5 nitrogen and oxygen atoms in total. The van der Waals surface area contributed by atoms with Crippen LogP contribution >= 0.6 is 22.7 Å². The molecule has 0 atom stereocenters. The van der Waals surface area contributed by atoms with Crippen LogP contribution in [0, 0.1) is 22.7 Å². The van der Waals surface area contributed by atoms with E-state index in [4.69, 9.17) is 0 Å². The van der Waals surface area contributed by atoms with Gasteiger partial charge in [0.15, 0.2) is 0 Å². The molecule has 0 unspecified atom stereocenters. The summed E-state index contributed by atoms with van der Waals surface area (Å²) in [6.07, 6.45) is 0. The van der Waals surface area contributed by atoms with Crippen LogP contribution in [0.5, 0.6) is 0 Å². The molecule has 76 heavy (non-hydrogen) atoms. The van der Waals surface area contributed by atoms with Crippen molar-refractivity contribution in [3.63, 3.8) is 0 Å². The molecule has 350 valence electrons. The van der Waals surface area contributed by atoms with Crippen molar-refractivity contribution in [2.45, 2.75) is 5.92 Å². The Bertz CT molecular complexity index is 5250. The second-order valence-electron chi connectivity index (χ2n) is 20.0. The Balaban J connectivity index is 1.20. The minimum Gasteiger partial charge on any atom is -0.307 e. The van der Waals surface area contributed by atoms with Crippen molar-refractivity contribution >= 4 is 128 Å². The maximum Gasteiger partial charge on any atom is 0.104 e. The Kier molecular flexibility index (Phi) is 8.44. The largest absolute Gasteiger partial charge is 0.307 e. The predicted octanol–water partition coefficient (Wildman–Crippen LogP) is 18.6. The topological polar surface area (TPSA) is 62.4 Å². The molecule has 0 aliphatic heterocycles. The molecular formula is C69H37N5S2. The van der Waals surface area contributed by atoms with Crippen molar-refractivity contribution < 1.29 is 0 Å². The molecule has 1 aliphatic carbocycles. The monoisotopic (exact) mass is 999 g/mol. The molecule has 5 heterocycles. The standard InChI is InChI=1S/C69H37N5S2/c70-37-51-64(61-45-23-3-1-17-39(45)40-18-2-4-24-46(40)61)67(73-55-29-13-7-21-43(55)47-33-35-59-62(65(47)73)49-25-9-15-31-57(49)75-59)52(38-71)69(72-53-27-11-5-19-41(53)42-20-6-12-28-54(42)72)68(51)74-56-30-14-8-22-44(56)48-34-36-60-63(66(48)74)50-26-10-16-32-58(50)76-60/h1-36,61H. The lowest BCUT2D eigenvalue weighted by Gasteiger charge is -2.29. The molecule has 0 N–H and O–H groups in total. The van der Waals surface area contributed by atoms with Crippen molar-refractivity contribution in [3.05, 3.63) is 246 Å². The van der Waals surface area contributed by atoms with Gasteiger partial charge in [-0.15, -0.1) is 22.7 Å². The first kappa shape index (κ1) is 41.7. The van der Waals surface area contributed by atoms with E-state index in [1.165, 1.54) is 9.40 Å². The van der Waals surface area contributed by atoms with Crippen molar-refractivity contribution in [1.29, 1.82) is 10.5 Å². The summed E-state index contributed by atoms with van der Waals surface area (Å²) in [7, 11) is 0. The minimum atomic E-state index is -0.445. The molecule has 0 amide bonds. The van der Waals surface area contributed by atoms with Crippen LogP contribution in [-0.2, 0) is 0 Å². The molecule has 17 rings (SSSR count). The number of thiophene rings is 2. The summed E-state index contributed by atoms with van der Waals surface area (Å²) in [4.78, 5) is 0. The molecule has 0 saturated carbocycles. The van der Waals surface area contributed by atoms with Gasteiger partial charge in [-0.1, -0.05) is 170 Å². The maximum atomic E-state index is 12.9. The zero-order valence-electron chi connectivity index (χ0n) is 40.4. The van der Waals surface area contributed by atoms with E-state index in [1.807, 2.05) is 0 Å². The van der Waals surface area contributed by atoms with Crippen LogP contribution in [0.2, 0.25) is 0 Å². The fraction of sp³-hybridized carbons (Fsp3) is 0.0145. The number of hydrogen-bond donors (Lipinski definition) is 0. The lowest BCUT2D eigenvalue weighted by molar-refractivity contribution is 0.954. The second kappa shape index (κ2) is 15.4. The third-order valence-corrected chi connectivity index (χ3v) is 18.7. The fourth-order valence-electron chi connectivity index (χ4n) is 13.5. The van der Waals surface area contributed by atoms with Crippen molar-refractivity contribution in [3.8, 4) is 40.3 Å². The first-order chi connectivity index (χ1) is 37.7. The minimum absolute atomic E-state index is 0.445. The van der Waals surface area contributed by atoms with E-state index in [2.05, 4.69) is 244 Å². The van der Waals surface area contributed by atoms with E-state index in [0.717, 1.165) is 124 Å². The van der Waals surface area contributed by atoms with Gasteiger partial charge >= 0.3 is 0 Å². The number of benzene rings is 11. The first-order valence-corrected chi connectivity index (χ1v) is 27.2. The summed E-state index contributed by atoms with van der Waals surface area (Å²) >= 11 is 3.58. The quantitative estimate of drug-likeness (QED) is 0.176. The van der Waals surface area contributed by atoms with E-state index in [-0.39, 0.29) is 0 Å². The van der Waals surface area contributed by atoms with Crippen LogP contribution in [0.4, 0.5) is 0 Å². The second-order valence-corrected chi connectivity index (χ2v) is 22.1. The average molecular weight is 1000 g/mol. The van der Waals surface area contributed by atoms with Crippen LogP contribution in [0.1, 0.15) is 33.7 Å². The lowest BCUT2D eigenvalue weighted by atomic mass is 9.82. The molecule has 0 saturated heterocycles. The van der Waals surface area contributed by atoms with Gasteiger partial charge in [0.2, 0.25) is 0 Å². The number of fused-ring (bicyclic) bond motifs is 20. The highest BCUT2D eigenvalue weighted by Crippen LogP contribution is 2.56. The van der Waals surface area contributed by atoms with Gasteiger partial charge in [0, 0.05) is 84.1 Å². The Labute approximate surface area is 442 Å². The molecule has 0 radical (unpaired) electrons. The fourth-order valence-corrected chi connectivity index (χ4v) is 15.7. The van der Waals surface area contributed by atoms with Gasteiger partial charge in [-0.2, -0.15) is 10.5 Å². The van der Waals surface area contributed by atoms with Crippen LogP contribution in [-0.4, -0.2) is 13.7 Å². The van der Waals surface area contributed by atoms with Crippen molar-refractivity contribution in [2.24, 2.45) is 0 Å². The normalized spacial score (nSPS) is 12.7. The third-order valence-electron chi connectivity index (χ3n) is 16.4. The van der Waals surface area contributed by atoms with Crippen LogP contribution in [0.25, 0.3) is 134 Å². The van der Waals surface area contributed by atoms with Crippen LogP contribution in [0.3, 0.4) is 0 Å². The van der Waals surface area contributed by atoms with E-state index in [9.17, 15) is 10.5 Å². The Morgan fingerprint density at radius 2 is 0.684 bits per heavy atom. The number of hydrogen-bond acceptors (Lipinski definition) is 4. The number of nitrogens with zero attached hydrogens (tertiary/aromatic N) is 5. The van der Waals surface area contributed by atoms with E-state index < -0.39 is 5.92 Å². The zero-order valence-corrected chi connectivity index (χ0v) is 42.0. The molecule has 0 fully saturated rings. The van der Waals surface area contributed by atoms with Crippen LogP contribution < -0.4 is 0 Å². The highest BCUT2D eigenvalue weighted by molar-refractivity contribution is 7.26. The first-order valence-electron chi connectivity index (χ1n) is 25.6. The highest BCUT2D eigenvalue weighted by Gasteiger charge is 2.40. The number of rotatable bonds is 4. The lowest BCUT2D eigenvalue weighted by Crippen LogP contribution is -2.18. The predicted molar refractivity (Wildman–Crippen MR) is 317 cm³/mol. The van der Waals surface area contributed by atoms with E-state index >= 15 is 0 Å². The maximum absolute atomic E-state index is 12.9. The van der Waals surface area contributed by atoms with Crippen molar-refractivity contribution in [2.75, 3.05) is 0 Å². The summed E-state index contributed by atoms with van der Waals surface area (Å²) < 4.78 is 11.8. The third kappa shape index (κ3) is 5.30. The number of para-hydroxylation sites is 4. The molecule has 11 aromatic carbocycles. The van der Waals surface area contributed by atoms with Gasteiger partial charge in [0.05, 0.1) is 55.7 Å². The SMILES string of the molecule is N#Cc1c(-n2c3ccccc3c3ccccc32)c(-n2c3ccccc3c3ccc4sc5ccccc5c4c32)c(C#N)c(C2c3ccccc3-c3ccccc32)c1-n1c2ccccc2c2ccc3sc4ccccc4c3c21. The average Bonchev–Trinajstić information content (AvgIpc) is 4.34. The molecule has 16 aromatic rings. The summed E-state index contributed by atoms with van der Waals surface area (Å²) in [5.41, 5.74) is 14.1. The zero-order chi connectivity index (χ0) is 49.9. The van der Waals surface area contributed by atoms with E-state index in [0.29, 0.717) is 28.2 Å². The number of nitriles is 2. The summed E-state index contributed by atoms with van der Waals surface area (Å²) in [6.45, 7) is 0. The molecule has 0 spiro atoms. The summed E-state index contributed by atoms with van der Waals surface area (Å²) in [6, 6.07) is 84.2. The van der Waals surface area contributed by atoms with Gasteiger partial charge in [-0.05, 0) is 70.8 Å². The summed E-state index contributed by atoms with van der Waals surface area (Å²) in [5, 5.41) is 36.8. The van der Waals surface area contributed by atoms with E-state index in [1.54, 1.807) is 22.7 Å². The molecule has 7 heteroatoms. The highest BCUT2D eigenvalue weighted by atomic mass is 32.1. The van der Waals surface area contributed by atoms with Gasteiger partial charge in [-0.3, -0.25) is 0 Å². The van der Waals surface area contributed by atoms with Gasteiger partial charge < -0.3 is 13.7 Å². The molecule has 0 bridgehead atoms. The number of aromatic nitrogens is 3. The van der Waals surface area contributed by atoms with Gasteiger partial charge in [-0.25, -0.2) is 0 Å². The Morgan fingerprint density at radius 3 is 1.16 bits per heavy atom. The van der Waals surface area contributed by atoms with Crippen LogP contribution in [0.15, 0.2) is 218 Å². The van der Waals surface area contributed by atoms with Gasteiger partial charge in [0.25, 0.3) is 0 Å². The van der Waals surface area contributed by atoms with Gasteiger partial charge in [0.1, 0.15) is 17.7 Å². The molecule has 5 aromatic heterocycles.